The van der Waals surface area contributed by atoms with Crippen LogP contribution < -0.4 is 10.6 Å². The standard InChI is InChI=1S/C16H23N3O2/c1-15(2)10-12(13(18-21)16(3,4)19-15)14(20)17-11-8-6-5-7-9-11/h5-9,12,19,21H,10H2,1-4H3,(H,17,20)/b18-13-. The first-order valence-electron chi connectivity index (χ1n) is 7.13. The topological polar surface area (TPSA) is 73.7 Å². The van der Waals surface area contributed by atoms with Crippen molar-refractivity contribution in [2.75, 3.05) is 5.32 Å². The average Bonchev–Trinajstić information content (AvgIpc) is 2.36. The van der Waals surface area contributed by atoms with E-state index in [2.05, 4.69) is 15.8 Å². The van der Waals surface area contributed by atoms with Gasteiger partial charge in [-0.25, -0.2) is 0 Å². The maximum Gasteiger partial charge on any atom is 0.233 e. The summed E-state index contributed by atoms with van der Waals surface area (Å²) in [5.41, 5.74) is 0.468. The number of nitrogens with one attached hydrogen (secondary N) is 2. The maximum absolute atomic E-state index is 12.6. The molecule has 0 bridgehead atoms. The second-order valence-electron chi connectivity index (χ2n) is 6.73. The number of nitrogens with zero attached hydrogens (tertiary/aromatic N) is 1. The lowest BCUT2D eigenvalue weighted by Gasteiger charge is -2.46. The van der Waals surface area contributed by atoms with Crippen LogP contribution in [0, 0.1) is 5.92 Å². The first kappa shape index (κ1) is 15.5. The van der Waals surface area contributed by atoms with Crippen molar-refractivity contribution in [3.05, 3.63) is 30.3 Å². The Kier molecular flexibility index (Phi) is 4.05. The molecule has 0 spiro atoms. The van der Waals surface area contributed by atoms with Crippen LogP contribution in [0.15, 0.2) is 35.5 Å². The molecule has 114 valence electrons. The van der Waals surface area contributed by atoms with Crippen molar-refractivity contribution < 1.29 is 10.0 Å². The van der Waals surface area contributed by atoms with E-state index in [4.69, 9.17) is 0 Å². The van der Waals surface area contributed by atoms with Gasteiger partial charge in [-0.2, -0.15) is 0 Å². The molecule has 1 atom stereocenters. The van der Waals surface area contributed by atoms with Gasteiger partial charge in [0.05, 0.1) is 17.2 Å². The smallest absolute Gasteiger partial charge is 0.233 e. The summed E-state index contributed by atoms with van der Waals surface area (Å²) < 4.78 is 0. The highest BCUT2D eigenvalue weighted by molar-refractivity contribution is 6.12. The van der Waals surface area contributed by atoms with E-state index in [0.717, 1.165) is 5.69 Å². The van der Waals surface area contributed by atoms with Crippen LogP contribution in [0.1, 0.15) is 34.1 Å². The van der Waals surface area contributed by atoms with Crippen LogP contribution >= 0.6 is 0 Å². The predicted molar refractivity (Wildman–Crippen MR) is 83.7 cm³/mol. The minimum atomic E-state index is -0.533. The number of para-hydroxylation sites is 1. The van der Waals surface area contributed by atoms with Crippen molar-refractivity contribution in [1.29, 1.82) is 0 Å². The van der Waals surface area contributed by atoms with Crippen LogP contribution in [0.5, 0.6) is 0 Å². The molecule has 5 nitrogen and oxygen atoms in total. The highest BCUT2D eigenvalue weighted by atomic mass is 16.4. The normalized spacial score (nSPS) is 25.5. The Morgan fingerprint density at radius 1 is 1.29 bits per heavy atom. The number of carbonyl (C=O) groups is 1. The van der Waals surface area contributed by atoms with Gasteiger partial charge >= 0.3 is 0 Å². The third kappa shape index (κ3) is 3.42. The average molecular weight is 289 g/mol. The highest BCUT2D eigenvalue weighted by Crippen LogP contribution is 2.31. The largest absolute Gasteiger partial charge is 0.411 e. The molecule has 0 radical (unpaired) electrons. The molecule has 1 amide bonds. The molecule has 21 heavy (non-hydrogen) atoms. The molecule has 1 fully saturated rings. The van der Waals surface area contributed by atoms with E-state index in [9.17, 15) is 10.0 Å². The number of anilines is 1. The number of oxime groups is 1. The molecule has 5 heteroatoms. The summed E-state index contributed by atoms with van der Waals surface area (Å²) in [5, 5.41) is 19.1. The fourth-order valence-electron chi connectivity index (χ4n) is 3.17. The van der Waals surface area contributed by atoms with E-state index in [-0.39, 0.29) is 11.4 Å². The second-order valence-corrected chi connectivity index (χ2v) is 6.73. The van der Waals surface area contributed by atoms with Gasteiger partial charge in [-0.3, -0.25) is 4.79 Å². The van der Waals surface area contributed by atoms with E-state index in [1.54, 1.807) is 0 Å². The van der Waals surface area contributed by atoms with Crippen LogP contribution in [-0.4, -0.2) is 27.9 Å². The molecule has 1 unspecified atom stereocenters. The molecular formula is C16H23N3O2. The molecule has 2 rings (SSSR count). The predicted octanol–water partition coefficient (Wildman–Crippen LogP) is 2.62. The van der Waals surface area contributed by atoms with Gasteiger partial charge in [-0.05, 0) is 46.2 Å². The lowest BCUT2D eigenvalue weighted by atomic mass is 9.74. The van der Waals surface area contributed by atoms with Gasteiger partial charge in [0.2, 0.25) is 5.91 Å². The van der Waals surface area contributed by atoms with Crippen molar-refractivity contribution >= 4 is 17.3 Å². The van der Waals surface area contributed by atoms with Crippen LogP contribution in [0.3, 0.4) is 0 Å². The molecule has 0 aliphatic carbocycles. The van der Waals surface area contributed by atoms with Gasteiger partial charge in [-0.1, -0.05) is 23.4 Å². The monoisotopic (exact) mass is 289 g/mol. The number of hydrogen-bond donors (Lipinski definition) is 3. The molecule has 1 aromatic carbocycles. The number of amides is 1. The zero-order valence-corrected chi connectivity index (χ0v) is 13.0. The fraction of sp³-hybridized carbons (Fsp3) is 0.500. The van der Waals surface area contributed by atoms with Crippen LogP contribution in [0.2, 0.25) is 0 Å². The van der Waals surface area contributed by atoms with E-state index < -0.39 is 11.5 Å². The third-order valence-corrected chi connectivity index (χ3v) is 3.80. The molecule has 1 aromatic rings. The van der Waals surface area contributed by atoms with Gasteiger partial charge in [-0.15, -0.1) is 0 Å². The van der Waals surface area contributed by atoms with Crippen molar-refractivity contribution in [3.63, 3.8) is 0 Å². The number of rotatable bonds is 2. The van der Waals surface area contributed by atoms with Gasteiger partial charge in [0.1, 0.15) is 0 Å². The molecule has 1 saturated heterocycles. The maximum atomic E-state index is 12.6. The van der Waals surface area contributed by atoms with Gasteiger partial charge in [0, 0.05) is 11.2 Å². The fourth-order valence-corrected chi connectivity index (χ4v) is 3.17. The van der Waals surface area contributed by atoms with E-state index in [1.807, 2.05) is 58.0 Å². The number of piperidine rings is 1. The van der Waals surface area contributed by atoms with Gasteiger partial charge in [0.15, 0.2) is 0 Å². The molecule has 1 aliphatic rings. The molecule has 1 aliphatic heterocycles. The van der Waals surface area contributed by atoms with Crippen LogP contribution in [0.4, 0.5) is 5.69 Å². The zero-order chi connectivity index (χ0) is 15.7. The summed E-state index contributed by atoms with van der Waals surface area (Å²) in [7, 11) is 0. The van der Waals surface area contributed by atoms with Crippen LogP contribution in [0.25, 0.3) is 0 Å². The quantitative estimate of drug-likeness (QED) is 0.579. The Balaban J connectivity index is 2.25. The summed E-state index contributed by atoms with van der Waals surface area (Å²) in [6.45, 7) is 7.94. The van der Waals surface area contributed by atoms with Crippen molar-refractivity contribution in [1.82, 2.24) is 5.32 Å². The Hall–Kier alpha value is -1.88. The summed E-state index contributed by atoms with van der Waals surface area (Å²) in [6, 6.07) is 9.31. The summed E-state index contributed by atoms with van der Waals surface area (Å²) in [6.07, 6.45) is 0.578. The first-order chi connectivity index (χ1) is 9.75. The summed E-state index contributed by atoms with van der Waals surface area (Å²) in [5.74, 6) is -0.599. The molecule has 0 saturated carbocycles. The molecule has 3 N–H and O–H groups in total. The number of carbonyl (C=O) groups excluding carboxylic acids is 1. The highest BCUT2D eigenvalue weighted by Gasteiger charge is 2.46. The first-order valence-corrected chi connectivity index (χ1v) is 7.13. The van der Waals surface area contributed by atoms with Crippen LogP contribution in [-0.2, 0) is 4.79 Å². The van der Waals surface area contributed by atoms with Gasteiger partial charge in [0.25, 0.3) is 0 Å². The Bertz CT molecular complexity index is 550. The summed E-state index contributed by atoms with van der Waals surface area (Å²) in [4.78, 5) is 12.6. The van der Waals surface area contributed by atoms with E-state index >= 15 is 0 Å². The molecule has 1 heterocycles. The minimum Gasteiger partial charge on any atom is -0.411 e. The molecule has 0 aromatic heterocycles. The molecular weight excluding hydrogens is 266 g/mol. The lowest BCUT2D eigenvalue weighted by Crippen LogP contribution is -2.65. The Morgan fingerprint density at radius 2 is 1.90 bits per heavy atom. The van der Waals surface area contributed by atoms with Crippen molar-refractivity contribution in [2.45, 2.75) is 45.2 Å². The van der Waals surface area contributed by atoms with E-state index in [0.29, 0.717) is 12.1 Å². The SMILES string of the molecule is CC1(C)CC(C(=O)Nc2ccccc2)/C(=N/O)C(C)(C)N1. The third-order valence-electron chi connectivity index (χ3n) is 3.80. The lowest BCUT2D eigenvalue weighted by molar-refractivity contribution is -0.119. The Labute approximate surface area is 125 Å². The Morgan fingerprint density at radius 3 is 2.48 bits per heavy atom. The van der Waals surface area contributed by atoms with Crippen molar-refractivity contribution in [3.8, 4) is 0 Å². The minimum absolute atomic E-state index is 0.142. The zero-order valence-electron chi connectivity index (χ0n) is 13.0. The van der Waals surface area contributed by atoms with E-state index in [1.165, 1.54) is 0 Å². The number of benzene rings is 1. The summed E-state index contributed by atoms with van der Waals surface area (Å²) >= 11 is 0. The second kappa shape index (κ2) is 5.48. The van der Waals surface area contributed by atoms with Gasteiger partial charge < -0.3 is 15.8 Å². The van der Waals surface area contributed by atoms with Crippen molar-refractivity contribution in [2.24, 2.45) is 11.1 Å². The number of hydrogen-bond acceptors (Lipinski definition) is 4.